The monoisotopic (exact) mass is 240 g/mol. The first-order valence-corrected chi connectivity index (χ1v) is 4.98. The van der Waals surface area contributed by atoms with E-state index in [0.29, 0.717) is 5.75 Å². The predicted molar refractivity (Wildman–Crippen MR) is 62.4 cm³/mol. The number of benzene rings is 1. The number of methoxy groups -OCH3 is 1. The van der Waals surface area contributed by atoms with Crippen molar-refractivity contribution in [2.24, 2.45) is 5.92 Å². The molecule has 0 amide bonds. The molecule has 0 aliphatic carbocycles. The molecule has 0 bridgehead atoms. The van der Waals surface area contributed by atoms with Gasteiger partial charge < -0.3 is 14.9 Å². The van der Waals surface area contributed by atoms with Crippen LogP contribution in [-0.2, 0) is 4.79 Å². The van der Waals surface area contributed by atoms with E-state index >= 15 is 0 Å². The number of ether oxygens (including phenoxy) is 1. The first kappa shape index (κ1) is 15.0. The predicted octanol–water partition coefficient (Wildman–Crippen LogP) is 2.12. The van der Waals surface area contributed by atoms with E-state index in [9.17, 15) is 9.59 Å². The van der Waals surface area contributed by atoms with Crippen molar-refractivity contribution < 1.29 is 24.5 Å². The van der Waals surface area contributed by atoms with Gasteiger partial charge in [0.25, 0.3) is 0 Å². The van der Waals surface area contributed by atoms with Gasteiger partial charge in [0.05, 0.1) is 18.6 Å². The summed E-state index contributed by atoms with van der Waals surface area (Å²) in [6, 6.07) is 6.23. The second kappa shape index (κ2) is 7.27. The average molecular weight is 240 g/mol. The van der Waals surface area contributed by atoms with Gasteiger partial charge in [0.2, 0.25) is 0 Å². The van der Waals surface area contributed by atoms with Crippen LogP contribution in [0.5, 0.6) is 5.75 Å². The van der Waals surface area contributed by atoms with Crippen LogP contribution >= 0.6 is 0 Å². The van der Waals surface area contributed by atoms with Gasteiger partial charge in [0, 0.05) is 0 Å². The summed E-state index contributed by atoms with van der Waals surface area (Å²) >= 11 is 0. The molecular weight excluding hydrogens is 224 g/mol. The lowest BCUT2D eigenvalue weighted by atomic mass is 10.2. The topological polar surface area (TPSA) is 83.8 Å². The molecule has 17 heavy (non-hydrogen) atoms. The lowest BCUT2D eigenvalue weighted by Crippen LogP contribution is -2.03. The molecule has 1 aromatic carbocycles. The number of hydrogen-bond acceptors (Lipinski definition) is 3. The van der Waals surface area contributed by atoms with Crippen LogP contribution in [0, 0.1) is 5.92 Å². The Labute approximate surface area is 99.7 Å². The van der Waals surface area contributed by atoms with E-state index in [-0.39, 0.29) is 11.5 Å². The summed E-state index contributed by atoms with van der Waals surface area (Å²) < 4.78 is 4.86. The second-order valence-electron chi connectivity index (χ2n) is 3.53. The zero-order valence-corrected chi connectivity index (χ0v) is 10.0. The number of aromatic carboxylic acids is 1. The highest BCUT2D eigenvalue weighted by Crippen LogP contribution is 2.10. The zero-order chi connectivity index (χ0) is 13.4. The molecule has 0 radical (unpaired) electrons. The molecule has 0 unspecified atom stereocenters. The van der Waals surface area contributed by atoms with Crippen LogP contribution < -0.4 is 4.74 Å². The van der Waals surface area contributed by atoms with Crippen LogP contribution in [-0.4, -0.2) is 29.3 Å². The van der Waals surface area contributed by atoms with Crippen LogP contribution in [0.25, 0.3) is 0 Å². The molecule has 1 rings (SSSR count). The Morgan fingerprint density at radius 1 is 1.12 bits per heavy atom. The summed E-state index contributed by atoms with van der Waals surface area (Å²) in [7, 11) is 1.54. The van der Waals surface area contributed by atoms with E-state index in [1.807, 2.05) is 0 Å². The zero-order valence-electron chi connectivity index (χ0n) is 10.0. The quantitative estimate of drug-likeness (QED) is 0.845. The fourth-order valence-electron chi connectivity index (χ4n) is 0.734. The maximum Gasteiger partial charge on any atom is 0.335 e. The fraction of sp³-hybridized carbons (Fsp3) is 0.333. The Hall–Kier alpha value is -2.04. The number of hydrogen-bond donors (Lipinski definition) is 2. The summed E-state index contributed by atoms with van der Waals surface area (Å²) in [4.78, 5) is 20.1. The molecule has 0 aliphatic rings. The molecule has 5 nitrogen and oxygen atoms in total. The van der Waals surface area contributed by atoms with Crippen LogP contribution in [0.2, 0.25) is 0 Å². The van der Waals surface area contributed by atoms with Crippen molar-refractivity contribution >= 4 is 11.9 Å². The maximum absolute atomic E-state index is 10.4. The molecular formula is C12H16O5. The highest BCUT2D eigenvalue weighted by molar-refractivity contribution is 5.87. The van der Waals surface area contributed by atoms with Crippen molar-refractivity contribution in [1.29, 1.82) is 0 Å². The summed E-state index contributed by atoms with van der Waals surface area (Å²) in [6.45, 7) is 3.28. The van der Waals surface area contributed by atoms with Gasteiger partial charge in [-0.15, -0.1) is 0 Å². The van der Waals surface area contributed by atoms with Gasteiger partial charge in [-0.25, -0.2) is 4.79 Å². The van der Waals surface area contributed by atoms with Crippen LogP contribution in [0.1, 0.15) is 24.2 Å². The maximum atomic E-state index is 10.4. The minimum atomic E-state index is -0.923. The van der Waals surface area contributed by atoms with Crippen molar-refractivity contribution in [2.75, 3.05) is 7.11 Å². The fourth-order valence-corrected chi connectivity index (χ4v) is 0.734. The molecule has 0 aromatic heterocycles. The minimum absolute atomic E-state index is 0.231. The van der Waals surface area contributed by atoms with E-state index in [2.05, 4.69) is 0 Å². The Morgan fingerprint density at radius 3 is 1.76 bits per heavy atom. The Bertz CT molecular complexity index is 367. The average Bonchev–Trinajstić information content (AvgIpc) is 2.29. The van der Waals surface area contributed by atoms with Crippen LogP contribution in [0.15, 0.2) is 24.3 Å². The first-order valence-electron chi connectivity index (χ1n) is 4.98. The number of carboxylic acid groups (broad SMARTS) is 2. The molecule has 0 fully saturated rings. The third kappa shape index (κ3) is 6.19. The van der Waals surface area contributed by atoms with Crippen LogP contribution in [0.4, 0.5) is 0 Å². The molecule has 94 valence electrons. The number of carbonyl (C=O) groups is 2. The molecule has 2 N–H and O–H groups in total. The summed E-state index contributed by atoms with van der Waals surface area (Å²) in [5, 5.41) is 16.5. The largest absolute Gasteiger partial charge is 0.497 e. The molecule has 1 aromatic rings. The molecule has 5 heteroatoms. The Kier molecular flexibility index (Phi) is 6.40. The highest BCUT2D eigenvalue weighted by Gasteiger charge is 2.00. The molecule has 0 saturated heterocycles. The van der Waals surface area contributed by atoms with Gasteiger partial charge in [-0.05, 0) is 24.3 Å². The van der Waals surface area contributed by atoms with Gasteiger partial charge in [-0.3, -0.25) is 4.79 Å². The highest BCUT2D eigenvalue weighted by atomic mass is 16.5. The van der Waals surface area contributed by atoms with Crippen molar-refractivity contribution in [1.82, 2.24) is 0 Å². The van der Waals surface area contributed by atoms with Crippen molar-refractivity contribution in [2.45, 2.75) is 13.8 Å². The van der Waals surface area contributed by atoms with Crippen molar-refractivity contribution in [3.63, 3.8) is 0 Å². The van der Waals surface area contributed by atoms with Gasteiger partial charge in [0.1, 0.15) is 5.75 Å². The van der Waals surface area contributed by atoms with Gasteiger partial charge in [-0.2, -0.15) is 0 Å². The van der Waals surface area contributed by atoms with Gasteiger partial charge in [-0.1, -0.05) is 13.8 Å². The van der Waals surface area contributed by atoms with Gasteiger partial charge >= 0.3 is 11.9 Å². The molecule has 0 atom stereocenters. The lowest BCUT2D eigenvalue weighted by Gasteiger charge is -1.98. The Balaban J connectivity index is 0.000000366. The SMILES string of the molecule is CC(C)C(=O)O.COc1ccc(C(=O)O)cc1. The number of aliphatic carboxylic acids is 1. The molecule has 0 aliphatic heterocycles. The van der Waals surface area contributed by atoms with Crippen molar-refractivity contribution in [3.8, 4) is 5.75 Å². The number of rotatable bonds is 3. The summed E-state index contributed by atoms with van der Waals surface area (Å²) in [5.74, 6) is -1.23. The summed E-state index contributed by atoms with van der Waals surface area (Å²) in [6.07, 6.45) is 0. The van der Waals surface area contributed by atoms with E-state index in [4.69, 9.17) is 14.9 Å². The normalized spacial score (nSPS) is 9.18. The number of carboxylic acids is 2. The Morgan fingerprint density at radius 2 is 1.53 bits per heavy atom. The second-order valence-corrected chi connectivity index (χ2v) is 3.53. The third-order valence-electron chi connectivity index (χ3n) is 1.83. The van der Waals surface area contributed by atoms with E-state index in [1.165, 1.54) is 19.2 Å². The van der Waals surface area contributed by atoms with Crippen LogP contribution in [0.3, 0.4) is 0 Å². The smallest absolute Gasteiger partial charge is 0.335 e. The first-order chi connectivity index (χ1) is 7.88. The molecule has 0 spiro atoms. The van der Waals surface area contributed by atoms with E-state index in [1.54, 1.807) is 26.0 Å². The lowest BCUT2D eigenvalue weighted by molar-refractivity contribution is -0.140. The van der Waals surface area contributed by atoms with E-state index < -0.39 is 11.9 Å². The van der Waals surface area contributed by atoms with E-state index in [0.717, 1.165) is 0 Å². The summed E-state index contributed by atoms with van der Waals surface area (Å²) in [5.41, 5.74) is 0.269. The molecule has 0 saturated carbocycles. The van der Waals surface area contributed by atoms with Crippen molar-refractivity contribution in [3.05, 3.63) is 29.8 Å². The minimum Gasteiger partial charge on any atom is -0.497 e. The molecule has 0 heterocycles. The third-order valence-corrected chi connectivity index (χ3v) is 1.83. The van der Waals surface area contributed by atoms with Gasteiger partial charge in [0.15, 0.2) is 0 Å². The standard InChI is InChI=1S/C8H8O3.C4H8O2/c1-11-7-4-2-6(3-5-7)8(9)10;1-3(2)4(5)6/h2-5H,1H3,(H,9,10);3H,1-2H3,(H,5,6).